The van der Waals surface area contributed by atoms with Crippen molar-refractivity contribution in [2.24, 2.45) is 5.10 Å². The molecule has 0 fully saturated rings. The largest absolute Gasteiger partial charge is 0.460 e. The fourth-order valence-electron chi connectivity index (χ4n) is 1.59. The molecular weight excluding hydrogens is 216 g/mol. The highest BCUT2D eigenvalue weighted by molar-refractivity contribution is 5.87. The summed E-state index contributed by atoms with van der Waals surface area (Å²) in [5.41, 5.74) is 1.06. The van der Waals surface area contributed by atoms with Crippen molar-refractivity contribution in [2.45, 2.75) is 6.92 Å². The van der Waals surface area contributed by atoms with Crippen molar-refractivity contribution in [1.29, 1.82) is 0 Å². The number of hydrazone groups is 1. The Labute approximate surface area is 99.2 Å². The maximum atomic E-state index is 12.2. The van der Waals surface area contributed by atoms with Crippen LogP contribution >= 0.6 is 0 Å². The molecule has 0 unspecified atom stereocenters. The van der Waals surface area contributed by atoms with Crippen molar-refractivity contribution in [1.82, 2.24) is 5.01 Å². The summed E-state index contributed by atoms with van der Waals surface area (Å²) in [6, 6.07) is 7.21. The molecule has 0 atom stereocenters. The number of nitrogens with zero attached hydrogens (tertiary/aromatic N) is 2. The minimum absolute atomic E-state index is 0.0463. The Morgan fingerprint density at radius 3 is 2.71 bits per heavy atom. The topological polar surface area (TPSA) is 45.8 Å². The number of hydrogen-bond acceptors (Lipinski definition) is 4. The smallest absolute Gasteiger partial charge is 0.201 e. The zero-order chi connectivity index (χ0) is 12.4. The van der Waals surface area contributed by atoms with E-state index in [0.717, 1.165) is 0 Å². The van der Waals surface area contributed by atoms with E-state index in [9.17, 15) is 4.79 Å². The van der Waals surface area contributed by atoms with Gasteiger partial charge in [-0.3, -0.25) is 4.79 Å². The van der Waals surface area contributed by atoms with Crippen LogP contribution in [0.3, 0.4) is 0 Å². The summed E-state index contributed by atoms with van der Waals surface area (Å²) in [6.45, 7) is 1.77. The highest BCUT2D eigenvalue weighted by Gasteiger charge is 2.08. The van der Waals surface area contributed by atoms with Crippen molar-refractivity contribution in [3.05, 3.63) is 45.8 Å². The Morgan fingerprint density at radius 2 is 2.00 bits per heavy atom. The van der Waals surface area contributed by atoms with E-state index in [1.807, 2.05) is 12.1 Å². The van der Waals surface area contributed by atoms with E-state index in [0.29, 0.717) is 22.3 Å². The number of para-hydroxylation sites is 1. The SMILES string of the molecule is Cc1oc2ccccc2c(=O)c1/C=N/N(C)C. The van der Waals surface area contributed by atoms with Crippen molar-refractivity contribution in [3.63, 3.8) is 0 Å². The Balaban J connectivity index is 2.68. The van der Waals surface area contributed by atoms with Crippen molar-refractivity contribution >= 4 is 17.2 Å². The molecule has 0 aliphatic heterocycles. The molecule has 0 amide bonds. The van der Waals surface area contributed by atoms with E-state index in [4.69, 9.17) is 4.42 Å². The van der Waals surface area contributed by atoms with Gasteiger partial charge in [0.15, 0.2) is 0 Å². The van der Waals surface area contributed by atoms with Gasteiger partial charge in [-0.2, -0.15) is 5.10 Å². The third-order valence-electron chi connectivity index (χ3n) is 2.44. The maximum absolute atomic E-state index is 12.2. The van der Waals surface area contributed by atoms with Crippen molar-refractivity contribution in [3.8, 4) is 0 Å². The van der Waals surface area contributed by atoms with Gasteiger partial charge in [-0.1, -0.05) is 12.1 Å². The highest BCUT2D eigenvalue weighted by atomic mass is 16.3. The number of aryl methyl sites for hydroxylation is 1. The minimum Gasteiger partial charge on any atom is -0.460 e. The van der Waals surface area contributed by atoms with Gasteiger partial charge in [0.1, 0.15) is 11.3 Å². The average molecular weight is 230 g/mol. The van der Waals surface area contributed by atoms with Gasteiger partial charge in [-0.15, -0.1) is 0 Å². The predicted molar refractivity (Wildman–Crippen MR) is 68.5 cm³/mol. The summed E-state index contributed by atoms with van der Waals surface area (Å²) in [7, 11) is 3.60. The maximum Gasteiger partial charge on any atom is 0.201 e. The molecule has 0 aliphatic carbocycles. The zero-order valence-electron chi connectivity index (χ0n) is 10.1. The lowest BCUT2D eigenvalue weighted by Gasteiger charge is -2.05. The van der Waals surface area contributed by atoms with Gasteiger partial charge < -0.3 is 9.43 Å². The lowest BCUT2D eigenvalue weighted by Crippen LogP contribution is -2.12. The van der Waals surface area contributed by atoms with Crippen LogP contribution in [0, 0.1) is 6.92 Å². The van der Waals surface area contributed by atoms with Gasteiger partial charge >= 0.3 is 0 Å². The quantitative estimate of drug-likeness (QED) is 0.585. The molecule has 4 heteroatoms. The fourth-order valence-corrected chi connectivity index (χ4v) is 1.59. The lowest BCUT2D eigenvalue weighted by atomic mass is 10.1. The van der Waals surface area contributed by atoms with Crippen LogP contribution in [0.15, 0.2) is 38.6 Å². The molecule has 0 radical (unpaired) electrons. The molecule has 2 rings (SSSR count). The van der Waals surface area contributed by atoms with Gasteiger partial charge in [0.05, 0.1) is 17.2 Å². The highest BCUT2D eigenvalue weighted by Crippen LogP contribution is 2.13. The summed E-state index contributed by atoms with van der Waals surface area (Å²) in [5.74, 6) is 0.583. The molecule has 17 heavy (non-hydrogen) atoms. The van der Waals surface area contributed by atoms with Gasteiger partial charge in [0, 0.05) is 14.1 Å². The number of fused-ring (bicyclic) bond motifs is 1. The first-order valence-corrected chi connectivity index (χ1v) is 5.33. The van der Waals surface area contributed by atoms with Gasteiger partial charge in [0.25, 0.3) is 0 Å². The number of hydrogen-bond donors (Lipinski definition) is 0. The molecule has 4 nitrogen and oxygen atoms in total. The van der Waals surface area contributed by atoms with Crippen molar-refractivity contribution < 1.29 is 4.42 Å². The molecule has 0 N–H and O–H groups in total. The van der Waals surface area contributed by atoms with Crippen molar-refractivity contribution in [2.75, 3.05) is 14.1 Å². The standard InChI is InChI=1S/C13H14N2O2/c1-9-11(8-14-15(2)3)13(16)10-6-4-5-7-12(10)17-9/h4-8H,1-3H3/b14-8+. The first-order chi connectivity index (χ1) is 8.09. The number of benzene rings is 1. The number of rotatable bonds is 2. The van der Waals surface area contributed by atoms with E-state index < -0.39 is 0 Å². The van der Waals surface area contributed by atoms with Crippen LogP contribution in [0.2, 0.25) is 0 Å². The Morgan fingerprint density at radius 1 is 1.29 bits per heavy atom. The molecule has 1 heterocycles. The second-order valence-corrected chi connectivity index (χ2v) is 3.99. The van der Waals surface area contributed by atoms with E-state index in [-0.39, 0.29) is 5.43 Å². The summed E-state index contributed by atoms with van der Waals surface area (Å²) >= 11 is 0. The van der Waals surface area contributed by atoms with E-state index in [1.165, 1.54) is 6.21 Å². The second-order valence-electron chi connectivity index (χ2n) is 3.99. The summed E-state index contributed by atoms with van der Waals surface area (Å²) in [5, 5.41) is 6.29. The van der Waals surface area contributed by atoms with E-state index in [1.54, 1.807) is 38.2 Å². The third kappa shape index (κ3) is 2.20. The molecule has 1 aromatic heterocycles. The Bertz CT molecular complexity index is 627. The molecular formula is C13H14N2O2. The molecule has 0 saturated heterocycles. The molecule has 2 aromatic rings. The second kappa shape index (κ2) is 4.41. The zero-order valence-corrected chi connectivity index (χ0v) is 10.1. The van der Waals surface area contributed by atoms with Crippen LogP contribution in [0.4, 0.5) is 0 Å². The van der Waals surface area contributed by atoms with Crippen LogP contribution in [0.25, 0.3) is 11.0 Å². The van der Waals surface area contributed by atoms with Crippen LogP contribution in [0.1, 0.15) is 11.3 Å². The summed E-state index contributed by atoms with van der Waals surface area (Å²) in [4.78, 5) is 12.2. The normalized spacial score (nSPS) is 11.2. The molecule has 0 saturated carbocycles. The molecule has 88 valence electrons. The van der Waals surface area contributed by atoms with Crippen LogP contribution in [-0.4, -0.2) is 25.3 Å². The first-order valence-electron chi connectivity index (χ1n) is 5.33. The lowest BCUT2D eigenvalue weighted by molar-refractivity contribution is 0.440. The predicted octanol–water partition coefficient (Wildman–Crippen LogP) is 2.00. The van der Waals surface area contributed by atoms with Crippen LogP contribution < -0.4 is 5.43 Å². The molecule has 0 aliphatic rings. The monoisotopic (exact) mass is 230 g/mol. The molecule has 0 spiro atoms. The summed E-state index contributed by atoms with van der Waals surface area (Å²) in [6.07, 6.45) is 1.54. The first kappa shape index (κ1) is 11.4. The fraction of sp³-hybridized carbons (Fsp3) is 0.231. The molecule has 1 aromatic carbocycles. The van der Waals surface area contributed by atoms with Gasteiger partial charge in [-0.05, 0) is 19.1 Å². The Kier molecular flexibility index (Phi) is 2.95. The minimum atomic E-state index is -0.0463. The van der Waals surface area contributed by atoms with Gasteiger partial charge in [-0.25, -0.2) is 0 Å². The molecule has 0 bridgehead atoms. The summed E-state index contributed by atoms with van der Waals surface area (Å²) < 4.78 is 5.60. The van der Waals surface area contributed by atoms with E-state index in [2.05, 4.69) is 5.10 Å². The third-order valence-corrected chi connectivity index (χ3v) is 2.44. The van der Waals surface area contributed by atoms with Crippen LogP contribution in [0.5, 0.6) is 0 Å². The van der Waals surface area contributed by atoms with Gasteiger partial charge in [0.2, 0.25) is 5.43 Å². The average Bonchev–Trinajstić information content (AvgIpc) is 2.28. The van der Waals surface area contributed by atoms with E-state index >= 15 is 0 Å². The van der Waals surface area contributed by atoms with Crippen LogP contribution in [-0.2, 0) is 0 Å². The Hall–Kier alpha value is -2.10.